The van der Waals surface area contributed by atoms with E-state index in [4.69, 9.17) is 0 Å². The Bertz CT molecular complexity index is 1330. The van der Waals surface area contributed by atoms with E-state index in [1.807, 2.05) is 0 Å². The van der Waals surface area contributed by atoms with Gasteiger partial charge in [-0.3, -0.25) is 38.8 Å². The molecule has 0 spiro atoms. The van der Waals surface area contributed by atoms with Crippen molar-refractivity contribution >= 4 is 23.6 Å². The van der Waals surface area contributed by atoms with Crippen LogP contribution in [0.4, 0.5) is 0 Å². The quantitative estimate of drug-likeness (QED) is 0.479. The van der Waals surface area contributed by atoms with Gasteiger partial charge in [-0.2, -0.15) is 0 Å². The maximum atomic E-state index is 12.7. The summed E-state index contributed by atoms with van der Waals surface area (Å²) in [6.07, 6.45) is 0. The molecule has 0 fully saturated rings. The minimum atomic E-state index is -0.206. The molecule has 4 aliphatic rings. The third-order valence-corrected chi connectivity index (χ3v) is 8.13. The van der Waals surface area contributed by atoms with Gasteiger partial charge in [0.25, 0.3) is 23.6 Å². The highest BCUT2D eigenvalue weighted by Crippen LogP contribution is 2.32. The zero-order chi connectivity index (χ0) is 26.0. The van der Waals surface area contributed by atoms with Gasteiger partial charge in [0.05, 0.1) is 22.3 Å². The van der Waals surface area contributed by atoms with Crippen LogP contribution in [-0.4, -0.2) is 69.4 Å². The van der Waals surface area contributed by atoms with Crippen molar-refractivity contribution in [1.29, 1.82) is 0 Å². The summed E-state index contributed by atoms with van der Waals surface area (Å²) in [7, 11) is 0. The van der Waals surface area contributed by atoms with Crippen LogP contribution >= 0.6 is 0 Å². The molecule has 4 heterocycles. The molecule has 0 bridgehead atoms. The van der Waals surface area contributed by atoms with Gasteiger partial charge in [-0.1, -0.05) is 36.4 Å². The topological polar surface area (TPSA) is 81.2 Å². The van der Waals surface area contributed by atoms with Crippen LogP contribution < -0.4 is 0 Å². The van der Waals surface area contributed by atoms with Crippen molar-refractivity contribution in [2.24, 2.45) is 0 Å². The molecule has 0 atom stereocenters. The highest BCUT2D eigenvalue weighted by Gasteiger charge is 2.37. The Kier molecular flexibility index (Phi) is 5.28. The lowest BCUT2D eigenvalue weighted by atomic mass is 10.0. The molecule has 4 amide bonds. The summed E-state index contributed by atoms with van der Waals surface area (Å²) in [6.45, 7) is 5.20. The van der Waals surface area contributed by atoms with Crippen molar-refractivity contribution in [3.63, 3.8) is 0 Å². The van der Waals surface area contributed by atoms with E-state index in [1.54, 1.807) is 48.5 Å². The normalized spacial score (nSPS) is 18.4. The fraction of sp³-hybridized carbons (Fsp3) is 0.267. The van der Waals surface area contributed by atoms with Crippen LogP contribution in [0.2, 0.25) is 0 Å². The number of amides is 4. The van der Waals surface area contributed by atoms with Crippen molar-refractivity contribution in [1.82, 2.24) is 19.6 Å². The van der Waals surface area contributed by atoms with Gasteiger partial charge in [0.1, 0.15) is 0 Å². The van der Waals surface area contributed by atoms with Gasteiger partial charge < -0.3 is 0 Å². The number of nitrogens with zero attached hydrogens (tertiary/aromatic N) is 4. The van der Waals surface area contributed by atoms with E-state index in [-0.39, 0.29) is 23.6 Å². The summed E-state index contributed by atoms with van der Waals surface area (Å²) >= 11 is 0. The molecule has 7 rings (SSSR count). The second kappa shape index (κ2) is 8.72. The third-order valence-electron chi connectivity index (χ3n) is 8.13. The lowest BCUT2D eigenvalue weighted by Gasteiger charge is -2.20. The first-order valence-corrected chi connectivity index (χ1v) is 13.0. The number of carbonyl (C=O) groups excluding carboxylic acids is 4. The van der Waals surface area contributed by atoms with E-state index in [0.717, 1.165) is 26.2 Å². The molecule has 0 radical (unpaired) electrons. The Morgan fingerprint density at radius 1 is 0.447 bits per heavy atom. The third kappa shape index (κ3) is 3.60. The Hall–Kier alpha value is -4.14. The largest absolute Gasteiger partial charge is 0.293 e. The number of rotatable bonds is 6. The molecule has 0 aromatic heterocycles. The SMILES string of the molecule is O=C1c2ccccc2C(=O)N1CCN1Cc2cc3c(cc2C1)CN(CCN1C(=O)c2ccccc2C1=O)C3. The van der Waals surface area contributed by atoms with Crippen LogP contribution in [0, 0.1) is 0 Å². The maximum Gasteiger partial charge on any atom is 0.261 e. The molecule has 0 aliphatic carbocycles. The number of imide groups is 2. The number of hydrogen-bond donors (Lipinski definition) is 0. The molecule has 190 valence electrons. The standard InChI is InChI=1S/C30H26N4O4/c35-27-23-5-1-2-6-24(23)28(36)33(27)11-9-31-15-19-13-21-17-32(18-22(21)14-20(19)16-31)10-12-34-29(37)25-7-3-4-8-26(25)30(34)38/h1-8,13-14H,9-12,15-18H2. The Balaban J connectivity index is 0.949. The Labute approximate surface area is 220 Å². The minimum absolute atomic E-state index is 0.206. The zero-order valence-electron chi connectivity index (χ0n) is 20.9. The van der Waals surface area contributed by atoms with Gasteiger partial charge in [0.15, 0.2) is 0 Å². The second-order valence-electron chi connectivity index (χ2n) is 10.4. The van der Waals surface area contributed by atoms with Crippen LogP contribution in [0.5, 0.6) is 0 Å². The lowest BCUT2D eigenvalue weighted by Crippen LogP contribution is -2.36. The van der Waals surface area contributed by atoms with E-state index < -0.39 is 0 Å². The van der Waals surface area contributed by atoms with Gasteiger partial charge >= 0.3 is 0 Å². The average molecular weight is 507 g/mol. The molecule has 0 saturated carbocycles. The minimum Gasteiger partial charge on any atom is -0.293 e. The van der Waals surface area contributed by atoms with E-state index >= 15 is 0 Å². The predicted octanol–water partition coefficient (Wildman–Crippen LogP) is 2.91. The number of hydrogen-bond acceptors (Lipinski definition) is 6. The smallest absolute Gasteiger partial charge is 0.261 e. The lowest BCUT2D eigenvalue weighted by molar-refractivity contribution is 0.0620. The summed E-state index contributed by atoms with van der Waals surface area (Å²) in [5.74, 6) is -0.824. The van der Waals surface area contributed by atoms with Crippen molar-refractivity contribution in [3.05, 3.63) is 105 Å². The van der Waals surface area contributed by atoms with Gasteiger partial charge in [0, 0.05) is 52.4 Å². The molecule has 4 aliphatic heterocycles. The number of carbonyl (C=O) groups is 4. The highest BCUT2D eigenvalue weighted by atomic mass is 16.2. The highest BCUT2D eigenvalue weighted by molar-refractivity contribution is 6.22. The first-order chi connectivity index (χ1) is 18.5. The van der Waals surface area contributed by atoms with Gasteiger partial charge in [-0.15, -0.1) is 0 Å². The monoisotopic (exact) mass is 506 g/mol. The van der Waals surface area contributed by atoms with Crippen molar-refractivity contribution in [2.45, 2.75) is 26.2 Å². The molecule has 3 aromatic rings. The predicted molar refractivity (Wildman–Crippen MR) is 138 cm³/mol. The molecular weight excluding hydrogens is 480 g/mol. The summed E-state index contributed by atoms with van der Waals surface area (Å²) in [5, 5.41) is 0. The first kappa shape index (κ1) is 23.0. The molecule has 8 heteroatoms. The number of fused-ring (bicyclic) bond motifs is 4. The molecule has 8 nitrogen and oxygen atoms in total. The average Bonchev–Trinajstić information content (AvgIpc) is 3.64. The maximum absolute atomic E-state index is 12.7. The summed E-state index contributed by atoms with van der Waals surface area (Å²) in [5.41, 5.74) is 7.11. The van der Waals surface area contributed by atoms with Gasteiger partial charge in [-0.25, -0.2) is 0 Å². The summed E-state index contributed by atoms with van der Waals surface area (Å²) in [6, 6.07) is 18.6. The van der Waals surface area contributed by atoms with Crippen molar-refractivity contribution in [3.8, 4) is 0 Å². The first-order valence-electron chi connectivity index (χ1n) is 13.0. The van der Waals surface area contributed by atoms with Gasteiger partial charge in [0.2, 0.25) is 0 Å². The summed E-state index contributed by atoms with van der Waals surface area (Å²) < 4.78 is 0. The Morgan fingerprint density at radius 3 is 1.03 bits per heavy atom. The van der Waals surface area contributed by atoms with E-state index in [0.29, 0.717) is 48.4 Å². The van der Waals surface area contributed by atoms with Crippen molar-refractivity contribution < 1.29 is 19.2 Å². The molecule has 0 N–H and O–H groups in total. The fourth-order valence-corrected chi connectivity index (χ4v) is 6.14. The fourth-order valence-electron chi connectivity index (χ4n) is 6.14. The molecule has 38 heavy (non-hydrogen) atoms. The molecule has 0 unspecified atom stereocenters. The van der Waals surface area contributed by atoms with Crippen molar-refractivity contribution in [2.75, 3.05) is 26.2 Å². The Morgan fingerprint density at radius 2 is 0.737 bits per heavy atom. The second-order valence-corrected chi connectivity index (χ2v) is 10.4. The number of benzene rings is 3. The van der Waals surface area contributed by atoms with E-state index in [1.165, 1.54) is 32.1 Å². The van der Waals surface area contributed by atoms with E-state index in [2.05, 4.69) is 21.9 Å². The van der Waals surface area contributed by atoms with Gasteiger partial charge in [-0.05, 0) is 46.5 Å². The van der Waals surface area contributed by atoms with Crippen LogP contribution in [0.25, 0.3) is 0 Å². The van der Waals surface area contributed by atoms with Crippen LogP contribution in [-0.2, 0) is 26.2 Å². The van der Waals surface area contributed by atoms with Crippen LogP contribution in [0.1, 0.15) is 63.7 Å². The van der Waals surface area contributed by atoms with Crippen LogP contribution in [0.15, 0.2) is 60.7 Å². The zero-order valence-corrected chi connectivity index (χ0v) is 20.9. The van der Waals surface area contributed by atoms with Crippen LogP contribution in [0.3, 0.4) is 0 Å². The molecule has 0 saturated heterocycles. The van der Waals surface area contributed by atoms with E-state index in [9.17, 15) is 19.2 Å². The molecule has 3 aromatic carbocycles. The summed E-state index contributed by atoms with van der Waals surface area (Å²) in [4.78, 5) is 58.0. The molecular formula is C30H26N4O4.